The summed E-state index contributed by atoms with van der Waals surface area (Å²) in [6.07, 6.45) is 0. The first-order valence-electron chi connectivity index (χ1n) is 7.07. The highest BCUT2D eigenvalue weighted by Gasteiger charge is 2.09. The third-order valence-electron chi connectivity index (χ3n) is 3.02. The molecule has 0 spiro atoms. The highest BCUT2D eigenvalue weighted by atomic mass is 32.1. The van der Waals surface area contributed by atoms with Gasteiger partial charge in [-0.05, 0) is 31.7 Å². The Kier molecular flexibility index (Phi) is 5.85. The summed E-state index contributed by atoms with van der Waals surface area (Å²) in [6, 6.07) is 7.60. The van der Waals surface area contributed by atoms with Crippen LogP contribution in [-0.2, 0) is 13.1 Å². The quantitative estimate of drug-likeness (QED) is 0.844. The Bertz CT molecular complexity index is 612. The minimum atomic E-state index is -0.0720. The van der Waals surface area contributed by atoms with Crippen molar-refractivity contribution in [3.8, 4) is 5.19 Å². The minimum Gasteiger partial charge on any atom is -0.469 e. The van der Waals surface area contributed by atoms with Gasteiger partial charge in [0, 0.05) is 19.2 Å². The maximum Gasteiger partial charge on any atom is 0.294 e. The van der Waals surface area contributed by atoms with Gasteiger partial charge in [0.1, 0.15) is 5.01 Å². The molecule has 2 rings (SSSR count). The molecule has 1 heterocycles. The van der Waals surface area contributed by atoms with E-state index in [4.69, 9.17) is 4.74 Å². The smallest absolute Gasteiger partial charge is 0.294 e. The van der Waals surface area contributed by atoms with E-state index >= 15 is 0 Å². The predicted molar refractivity (Wildman–Crippen MR) is 86.1 cm³/mol. The average Bonchev–Trinajstić information content (AvgIpc) is 2.94. The zero-order valence-electron chi connectivity index (χ0n) is 13.0. The topological polar surface area (TPSA) is 67.4 Å². The van der Waals surface area contributed by atoms with Crippen LogP contribution in [0.3, 0.4) is 0 Å². The maximum absolute atomic E-state index is 11.5. The van der Waals surface area contributed by atoms with Gasteiger partial charge in [-0.3, -0.25) is 9.69 Å². The Morgan fingerprint density at radius 1 is 1.27 bits per heavy atom. The summed E-state index contributed by atoms with van der Waals surface area (Å²) in [4.78, 5) is 13.6. The molecule has 0 saturated carbocycles. The number of aromatic nitrogens is 2. The summed E-state index contributed by atoms with van der Waals surface area (Å²) in [5.74, 6) is -0.0720. The number of nitrogens with one attached hydrogen (secondary N) is 1. The van der Waals surface area contributed by atoms with Gasteiger partial charge in [0.2, 0.25) is 0 Å². The minimum absolute atomic E-state index is 0.0720. The average molecular weight is 320 g/mol. The summed E-state index contributed by atoms with van der Waals surface area (Å²) in [5.41, 5.74) is 1.81. The molecular weight excluding hydrogens is 300 g/mol. The van der Waals surface area contributed by atoms with Crippen molar-refractivity contribution >= 4 is 17.2 Å². The lowest BCUT2D eigenvalue weighted by molar-refractivity contribution is 0.0963. The fraction of sp³-hybridized carbons (Fsp3) is 0.400. The van der Waals surface area contributed by atoms with Crippen LogP contribution < -0.4 is 10.1 Å². The summed E-state index contributed by atoms with van der Waals surface area (Å²) < 4.78 is 5.32. The van der Waals surface area contributed by atoms with Gasteiger partial charge in [-0.2, -0.15) is 0 Å². The van der Waals surface area contributed by atoms with Crippen LogP contribution in [0.1, 0.15) is 27.9 Å². The maximum atomic E-state index is 11.5. The van der Waals surface area contributed by atoms with Crippen LogP contribution in [0.25, 0.3) is 0 Å². The van der Waals surface area contributed by atoms with Crippen LogP contribution >= 0.6 is 11.3 Å². The van der Waals surface area contributed by atoms with Crippen molar-refractivity contribution < 1.29 is 9.53 Å². The lowest BCUT2D eigenvalue weighted by Gasteiger charge is -2.14. The van der Waals surface area contributed by atoms with Gasteiger partial charge in [0.05, 0.1) is 13.2 Å². The first-order valence-corrected chi connectivity index (χ1v) is 7.88. The molecule has 0 bridgehead atoms. The van der Waals surface area contributed by atoms with Gasteiger partial charge in [0.25, 0.3) is 11.1 Å². The van der Waals surface area contributed by atoms with E-state index in [2.05, 4.69) is 20.4 Å². The van der Waals surface area contributed by atoms with E-state index in [0.29, 0.717) is 23.9 Å². The Labute approximate surface area is 134 Å². The Balaban J connectivity index is 1.90. The molecule has 0 aliphatic carbocycles. The predicted octanol–water partition coefficient (Wildman–Crippen LogP) is 1.93. The second kappa shape index (κ2) is 7.86. The van der Waals surface area contributed by atoms with Crippen molar-refractivity contribution in [1.82, 2.24) is 20.4 Å². The number of nitrogens with zero attached hydrogens (tertiary/aromatic N) is 3. The first-order chi connectivity index (χ1) is 10.6. The fourth-order valence-corrected chi connectivity index (χ4v) is 2.81. The van der Waals surface area contributed by atoms with Crippen molar-refractivity contribution in [3.05, 3.63) is 40.4 Å². The number of carbonyl (C=O) groups excluding carboxylic acids is 1. The van der Waals surface area contributed by atoms with Gasteiger partial charge in [-0.15, -0.1) is 10.2 Å². The largest absolute Gasteiger partial charge is 0.469 e. The molecule has 6 nitrogen and oxygen atoms in total. The Morgan fingerprint density at radius 3 is 2.64 bits per heavy atom. The molecule has 2 aromatic rings. The second-order valence-corrected chi connectivity index (χ2v) is 5.87. The van der Waals surface area contributed by atoms with E-state index in [-0.39, 0.29) is 5.91 Å². The van der Waals surface area contributed by atoms with Gasteiger partial charge in [-0.25, -0.2) is 0 Å². The number of hydrogen-bond donors (Lipinski definition) is 1. The number of hydrogen-bond acceptors (Lipinski definition) is 6. The van der Waals surface area contributed by atoms with E-state index in [1.807, 2.05) is 38.2 Å². The van der Waals surface area contributed by atoms with E-state index in [1.165, 1.54) is 11.3 Å². The molecule has 0 unspecified atom stereocenters. The van der Waals surface area contributed by atoms with Crippen molar-refractivity contribution in [2.45, 2.75) is 20.0 Å². The van der Waals surface area contributed by atoms with Crippen LogP contribution in [0.5, 0.6) is 5.19 Å². The van der Waals surface area contributed by atoms with Crippen molar-refractivity contribution in [1.29, 1.82) is 0 Å². The van der Waals surface area contributed by atoms with Crippen molar-refractivity contribution in [2.75, 3.05) is 20.7 Å². The van der Waals surface area contributed by atoms with Crippen LogP contribution in [0.2, 0.25) is 0 Å². The van der Waals surface area contributed by atoms with Gasteiger partial charge in [0.15, 0.2) is 0 Å². The van der Waals surface area contributed by atoms with Gasteiger partial charge >= 0.3 is 0 Å². The molecule has 0 aliphatic rings. The molecular formula is C15H20N4O2S. The van der Waals surface area contributed by atoms with Gasteiger partial charge in [-0.1, -0.05) is 23.5 Å². The summed E-state index contributed by atoms with van der Waals surface area (Å²) in [5, 5.41) is 12.2. The van der Waals surface area contributed by atoms with Crippen molar-refractivity contribution in [3.63, 3.8) is 0 Å². The van der Waals surface area contributed by atoms with Crippen LogP contribution in [0, 0.1) is 0 Å². The second-order valence-electron chi connectivity index (χ2n) is 4.84. The first kappa shape index (κ1) is 16.4. The number of rotatable bonds is 7. The SMILES string of the molecule is CCOc1nnc(CN(C)Cc2ccc(C(=O)NC)cc2)s1. The molecule has 0 atom stereocenters. The lowest BCUT2D eigenvalue weighted by atomic mass is 10.1. The molecule has 0 fully saturated rings. The number of carbonyl (C=O) groups is 1. The summed E-state index contributed by atoms with van der Waals surface area (Å²) >= 11 is 1.47. The molecule has 0 aliphatic heterocycles. The van der Waals surface area contributed by atoms with Crippen molar-refractivity contribution in [2.24, 2.45) is 0 Å². The lowest BCUT2D eigenvalue weighted by Crippen LogP contribution is -2.19. The van der Waals surface area contributed by atoms with E-state index < -0.39 is 0 Å². The molecule has 0 saturated heterocycles. The van der Waals surface area contributed by atoms with Crippen LogP contribution in [0.15, 0.2) is 24.3 Å². The zero-order chi connectivity index (χ0) is 15.9. The highest BCUT2D eigenvalue weighted by molar-refractivity contribution is 7.13. The standard InChI is InChI=1S/C15H20N4O2S/c1-4-21-15-18-17-13(22-15)10-19(3)9-11-5-7-12(8-6-11)14(20)16-2/h5-8H,4,9-10H2,1-3H3,(H,16,20). The van der Waals surface area contributed by atoms with Crippen LogP contribution in [0.4, 0.5) is 0 Å². The third kappa shape index (κ3) is 4.51. The fourth-order valence-electron chi connectivity index (χ4n) is 1.99. The Morgan fingerprint density at radius 2 is 2.00 bits per heavy atom. The summed E-state index contributed by atoms with van der Waals surface area (Å²) in [6.45, 7) is 4.01. The number of ether oxygens (including phenoxy) is 1. The number of benzene rings is 1. The molecule has 1 aromatic carbocycles. The molecule has 118 valence electrons. The molecule has 1 amide bonds. The normalized spacial score (nSPS) is 10.7. The third-order valence-corrected chi connectivity index (χ3v) is 3.84. The molecule has 7 heteroatoms. The molecule has 22 heavy (non-hydrogen) atoms. The van der Waals surface area contributed by atoms with Crippen LogP contribution in [-0.4, -0.2) is 41.7 Å². The van der Waals surface area contributed by atoms with Gasteiger partial charge < -0.3 is 10.1 Å². The molecule has 0 radical (unpaired) electrons. The molecule has 1 aromatic heterocycles. The highest BCUT2D eigenvalue weighted by Crippen LogP contribution is 2.19. The zero-order valence-corrected chi connectivity index (χ0v) is 13.8. The summed E-state index contributed by atoms with van der Waals surface area (Å²) in [7, 11) is 3.65. The van der Waals surface area contributed by atoms with E-state index in [0.717, 1.165) is 17.1 Å². The number of amides is 1. The monoisotopic (exact) mass is 320 g/mol. The van der Waals surface area contributed by atoms with E-state index in [1.54, 1.807) is 7.05 Å². The molecule has 1 N–H and O–H groups in total. The Hall–Kier alpha value is -1.99. The van der Waals surface area contributed by atoms with E-state index in [9.17, 15) is 4.79 Å².